The van der Waals surface area contributed by atoms with Crippen molar-refractivity contribution in [2.24, 2.45) is 5.92 Å². The number of halogens is 1. The van der Waals surface area contributed by atoms with Gasteiger partial charge in [0, 0.05) is 20.5 Å². The van der Waals surface area contributed by atoms with Crippen molar-refractivity contribution >= 4 is 46.0 Å². The third kappa shape index (κ3) is 5.84. The summed E-state index contributed by atoms with van der Waals surface area (Å²) in [7, 11) is 0. The van der Waals surface area contributed by atoms with E-state index in [0.717, 1.165) is 3.57 Å². The molecule has 5 nitrogen and oxygen atoms in total. The van der Waals surface area contributed by atoms with E-state index in [9.17, 15) is 9.59 Å². The van der Waals surface area contributed by atoms with Crippen molar-refractivity contribution in [1.82, 2.24) is 0 Å². The van der Waals surface area contributed by atoms with Crippen LogP contribution in [0.15, 0.2) is 48.5 Å². The van der Waals surface area contributed by atoms with Gasteiger partial charge in [0.15, 0.2) is 0 Å². The van der Waals surface area contributed by atoms with E-state index in [2.05, 4.69) is 33.2 Å². The number of amides is 2. The van der Waals surface area contributed by atoms with Crippen LogP contribution < -0.4 is 10.6 Å². The monoisotopic (exact) mass is 438 g/mol. The van der Waals surface area contributed by atoms with Crippen molar-refractivity contribution in [3.05, 3.63) is 57.7 Å². The lowest BCUT2D eigenvalue weighted by Crippen LogP contribution is -2.17. The van der Waals surface area contributed by atoms with Crippen molar-refractivity contribution in [2.75, 3.05) is 17.2 Å². The first-order valence-corrected chi connectivity index (χ1v) is 8.62. The third-order valence-corrected chi connectivity index (χ3v) is 3.74. The van der Waals surface area contributed by atoms with Gasteiger partial charge in [0.25, 0.3) is 5.91 Å². The number of nitrogens with one attached hydrogen (secondary N) is 2. The van der Waals surface area contributed by atoms with E-state index in [4.69, 9.17) is 4.74 Å². The van der Waals surface area contributed by atoms with Crippen molar-refractivity contribution in [2.45, 2.75) is 13.8 Å². The Hall–Kier alpha value is -2.09. The second kappa shape index (κ2) is 8.68. The molecule has 2 aromatic rings. The van der Waals surface area contributed by atoms with Gasteiger partial charge >= 0.3 is 6.09 Å². The molecular weight excluding hydrogens is 419 g/mol. The predicted octanol–water partition coefficient (Wildman–Crippen LogP) is 4.75. The Kier molecular flexibility index (Phi) is 6.60. The van der Waals surface area contributed by atoms with Gasteiger partial charge in [0.2, 0.25) is 0 Å². The van der Waals surface area contributed by atoms with Gasteiger partial charge in [-0.2, -0.15) is 0 Å². The van der Waals surface area contributed by atoms with Crippen LogP contribution in [0.4, 0.5) is 16.2 Å². The maximum absolute atomic E-state index is 12.2. The first-order valence-electron chi connectivity index (χ1n) is 7.55. The molecule has 0 saturated carbocycles. The predicted molar refractivity (Wildman–Crippen MR) is 103 cm³/mol. The number of hydrogen-bond donors (Lipinski definition) is 2. The minimum atomic E-state index is -0.509. The zero-order valence-electron chi connectivity index (χ0n) is 13.5. The molecule has 0 aliphatic carbocycles. The van der Waals surface area contributed by atoms with Crippen LogP contribution in [0.25, 0.3) is 0 Å². The van der Waals surface area contributed by atoms with Gasteiger partial charge in [-0.25, -0.2) is 4.79 Å². The molecule has 0 fully saturated rings. The summed E-state index contributed by atoms with van der Waals surface area (Å²) in [6.07, 6.45) is -0.509. The van der Waals surface area contributed by atoms with Crippen molar-refractivity contribution < 1.29 is 14.3 Å². The smallest absolute Gasteiger partial charge is 0.411 e. The quantitative estimate of drug-likeness (QED) is 0.663. The molecule has 2 aromatic carbocycles. The number of hydrogen-bond acceptors (Lipinski definition) is 3. The Morgan fingerprint density at radius 3 is 2.29 bits per heavy atom. The summed E-state index contributed by atoms with van der Waals surface area (Å²) in [5.74, 6) is 0.0706. The van der Waals surface area contributed by atoms with Crippen molar-refractivity contribution in [1.29, 1.82) is 0 Å². The van der Waals surface area contributed by atoms with Gasteiger partial charge in [0.1, 0.15) is 0 Å². The van der Waals surface area contributed by atoms with E-state index < -0.39 is 6.09 Å². The molecule has 0 unspecified atom stereocenters. The standard InChI is InChI=1S/C18H19IN2O3/c1-12(2)11-24-18(23)21-16-5-3-4-15(10-16)20-17(22)13-6-8-14(19)9-7-13/h3-10,12H,11H2,1-2H3,(H,20,22)(H,21,23). The molecular formula is C18H19IN2O3. The highest BCUT2D eigenvalue weighted by Crippen LogP contribution is 2.17. The molecule has 0 atom stereocenters. The van der Waals surface area contributed by atoms with Crippen LogP contribution in [0, 0.1) is 9.49 Å². The number of carbonyl (C=O) groups excluding carboxylic acids is 2. The Bertz CT molecular complexity index is 714. The topological polar surface area (TPSA) is 67.4 Å². The molecule has 0 aliphatic rings. The highest BCUT2D eigenvalue weighted by atomic mass is 127. The van der Waals surface area contributed by atoms with Crippen LogP contribution in [0.5, 0.6) is 0 Å². The lowest BCUT2D eigenvalue weighted by Gasteiger charge is -2.10. The second-order valence-corrected chi connectivity index (χ2v) is 6.90. The van der Waals surface area contributed by atoms with E-state index in [1.807, 2.05) is 26.0 Å². The average Bonchev–Trinajstić information content (AvgIpc) is 2.54. The Labute approximate surface area is 154 Å². The van der Waals surface area contributed by atoms with E-state index in [1.165, 1.54) is 0 Å². The molecule has 0 saturated heterocycles. The van der Waals surface area contributed by atoms with Crippen LogP contribution in [0.3, 0.4) is 0 Å². The van der Waals surface area contributed by atoms with Crippen LogP contribution in [-0.4, -0.2) is 18.6 Å². The largest absolute Gasteiger partial charge is 0.449 e. The molecule has 2 N–H and O–H groups in total. The van der Waals surface area contributed by atoms with Gasteiger partial charge in [-0.05, 0) is 71.0 Å². The molecule has 126 valence electrons. The fraction of sp³-hybridized carbons (Fsp3) is 0.222. The number of benzene rings is 2. The summed E-state index contributed by atoms with van der Waals surface area (Å²) in [6.45, 7) is 4.29. The highest BCUT2D eigenvalue weighted by molar-refractivity contribution is 14.1. The van der Waals surface area contributed by atoms with Crippen molar-refractivity contribution in [3.8, 4) is 0 Å². The summed E-state index contributed by atoms with van der Waals surface area (Å²) in [6, 6.07) is 14.2. The summed E-state index contributed by atoms with van der Waals surface area (Å²) in [5.41, 5.74) is 1.73. The van der Waals surface area contributed by atoms with Gasteiger partial charge < -0.3 is 10.1 Å². The zero-order chi connectivity index (χ0) is 17.5. The van der Waals surface area contributed by atoms with Crippen LogP contribution >= 0.6 is 22.6 Å². The first-order chi connectivity index (χ1) is 11.4. The van der Waals surface area contributed by atoms with E-state index in [0.29, 0.717) is 23.5 Å². The SMILES string of the molecule is CC(C)COC(=O)Nc1cccc(NC(=O)c2ccc(I)cc2)c1. The second-order valence-electron chi connectivity index (χ2n) is 5.66. The Morgan fingerprint density at radius 2 is 1.67 bits per heavy atom. The molecule has 0 aliphatic heterocycles. The molecule has 2 amide bonds. The molecule has 0 spiro atoms. The fourth-order valence-electron chi connectivity index (χ4n) is 1.88. The molecule has 24 heavy (non-hydrogen) atoms. The van der Waals surface area contributed by atoms with Crippen LogP contribution in [0.2, 0.25) is 0 Å². The maximum Gasteiger partial charge on any atom is 0.411 e. The van der Waals surface area contributed by atoms with E-state index in [1.54, 1.807) is 36.4 Å². The summed E-state index contributed by atoms with van der Waals surface area (Å²) < 4.78 is 6.14. The first kappa shape index (κ1) is 18.3. The van der Waals surface area contributed by atoms with Gasteiger partial charge in [-0.15, -0.1) is 0 Å². The lowest BCUT2D eigenvalue weighted by molar-refractivity contribution is 0.102. The zero-order valence-corrected chi connectivity index (χ0v) is 15.7. The van der Waals surface area contributed by atoms with Crippen LogP contribution in [-0.2, 0) is 4.74 Å². The summed E-state index contributed by atoms with van der Waals surface area (Å²) in [5, 5.41) is 5.45. The fourth-order valence-corrected chi connectivity index (χ4v) is 2.24. The Morgan fingerprint density at radius 1 is 1.04 bits per heavy atom. The van der Waals surface area contributed by atoms with Gasteiger partial charge in [-0.1, -0.05) is 19.9 Å². The number of anilines is 2. The van der Waals surface area contributed by atoms with Gasteiger partial charge in [-0.3, -0.25) is 10.1 Å². The molecule has 0 bridgehead atoms. The molecule has 6 heteroatoms. The third-order valence-electron chi connectivity index (χ3n) is 3.02. The highest BCUT2D eigenvalue weighted by Gasteiger charge is 2.08. The minimum absolute atomic E-state index is 0.203. The van der Waals surface area contributed by atoms with Crippen LogP contribution in [0.1, 0.15) is 24.2 Å². The van der Waals surface area contributed by atoms with Crippen molar-refractivity contribution in [3.63, 3.8) is 0 Å². The van der Waals surface area contributed by atoms with Gasteiger partial charge in [0.05, 0.1) is 6.61 Å². The number of carbonyl (C=O) groups is 2. The van der Waals surface area contributed by atoms with E-state index >= 15 is 0 Å². The number of ether oxygens (including phenoxy) is 1. The molecule has 0 aromatic heterocycles. The number of rotatable bonds is 5. The van der Waals surface area contributed by atoms with E-state index in [-0.39, 0.29) is 11.8 Å². The molecule has 0 heterocycles. The summed E-state index contributed by atoms with van der Waals surface area (Å²) >= 11 is 2.19. The minimum Gasteiger partial charge on any atom is -0.449 e. The molecule has 0 radical (unpaired) electrons. The molecule has 2 rings (SSSR count). The summed E-state index contributed by atoms with van der Waals surface area (Å²) in [4.78, 5) is 23.9. The Balaban J connectivity index is 1.98. The lowest BCUT2D eigenvalue weighted by atomic mass is 10.2. The average molecular weight is 438 g/mol. The normalized spacial score (nSPS) is 10.3. The maximum atomic E-state index is 12.2.